The summed E-state index contributed by atoms with van der Waals surface area (Å²) in [4.78, 5) is 27.5. The standard InChI is InChI=1S/C50H99NO5/c1-8-12-24-33-46(34-25-13-9-2)43-49(52)55-40-30-22-18-16-17-20-28-37-48(54-42-32-39-51(7)45(5)6)38-29-21-19-23-31-41-56-50(53)44-47(35-26-14-10-3)36-27-15-11-4/h45-48H,8-44H2,1-7H3. The fraction of sp³-hybridized carbons (Fsp3) is 0.960. The Kier molecular flexibility index (Phi) is 41.1. The zero-order valence-corrected chi connectivity index (χ0v) is 39.0. The van der Waals surface area contributed by atoms with Crippen molar-refractivity contribution in [3.63, 3.8) is 0 Å². The van der Waals surface area contributed by atoms with Gasteiger partial charge in [0.2, 0.25) is 0 Å². The average molecular weight is 794 g/mol. The van der Waals surface area contributed by atoms with Crippen molar-refractivity contribution in [3.8, 4) is 0 Å². The van der Waals surface area contributed by atoms with Crippen LogP contribution in [0.2, 0.25) is 0 Å². The van der Waals surface area contributed by atoms with Gasteiger partial charge in [-0.3, -0.25) is 9.59 Å². The number of ether oxygens (including phenoxy) is 3. The summed E-state index contributed by atoms with van der Waals surface area (Å²) in [5.74, 6) is 1.06. The van der Waals surface area contributed by atoms with Crippen LogP contribution in [0.3, 0.4) is 0 Å². The predicted molar refractivity (Wildman–Crippen MR) is 241 cm³/mol. The minimum absolute atomic E-state index is 0.0231. The molecule has 0 aliphatic rings. The van der Waals surface area contributed by atoms with Gasteiger partial charge in [0.15, 0.2) is 0 Å². The maximum absolute atomic E-state index is 12.6. The third-order valence-corrected chi connectivity index (χ3v) is 12.0. The molecule has 0 saturated heterocycles. The van der Waals surface area contributed by atoms with Crippen molar-refractivity contribution in [1.29, 1.82) is 0 Å². The lowest BCUT2D eigenvalue weighted by molar-refractivity contribution is -0.146. The second-order valence-corrected chi connectivity index (χ2v) is 17.8. The van der Waals surface area contributed by atoms with E-state index in [2.05, 4.69) is 53.5 Å². The molecule has 56 heavy (non-hydrogen) atoms. The lowest BCUT2D eigenvalue weighted by atomic mass is 9.92. The fourth-order valence-corrected chi connectivity index (χ4v) is 7.89. The Labute approximate surface area is 350 Å². The number of esters is 2. The van der Waals surface area contributed by atoms with Crippen LogP contribution in [0.4, 0.5) is 0 Å². The van der Waals surface area contributed by atoms with E-state index in [0.29, 0.717) is 50.0 Å². The number of carbonyl (C=O) groups is 2. The van der Waals surface area contributed by atoms with Gasteiger partial charge >= 0.3 is 11.9 Å². The Morgan fingerprint density at radius 1 is 0.429 bits per heavy atom. The van der Waals surface area contributed by atoms with E-state index >= 15 is 0 Å². The monoisotopic (exact) mass is 794 g/mol. The molecule has 0 aliphatic heterocycles. The van der Waals surface area contributed by atoms with Gasteiger partial charge in [-0.1, -0.05) is 169 Å². The number of carbonyl (C=O) groups excluding carboxylic acids is 2. The maximum atomic E-state index is 12.6. The predicted octanol–water partition coefficient (Wildman–Crippen LogP) is 15.0. The molecule has 0 aromatic rings. The SMILES string of the molecule is CCCCCC(CCCCC)CC(=O)OCCCCCCCCCC(CCCCCCCOC(=O)CC(CCCCC)CCCCC)OCCCN(C)C(C)C. The summed E-state index contributed by atoms with van der Waals surface area (Å²) in [7, 11) is 2.20. The van der Waals surface area contributed by atoms with Crippen LogP contribution in [0.15, 0.2) is 0 Å². The van der Waals surface area contributed by atoms with Crippen LogP contribution in [-0.2, 0) is 23.8 Å². The Bertz CT molecular complexity index is 814. The van der Waals surface area contributed by atoms with Gasteiger partial charge < -0.3 is 19.1 Å². The summed E-state index contributed by atoms with van der Waals surface area (Å²) in [6.45, 7) is 16.6. The highest BCUT2D eigenvalue weighted by molar-refractivity contribution is 5.70. The van der Waals surface area contributed by atoms with Crippen LogP contribution >= 0.6 is 0 Å². The van der Waals surface area contributed by atoms with Crippen LogP contribution in [0, 0.1) is 11.8 Å². The minimum Gasteiger partial charge on any atom is -0.466 e. The maximum Gasteiger partial charge on any atom is 0.306 e. The fourth-order valence-electron chi connectivity index (χ4n) is 7.89. The van der Waals surface area contributed by atoms with Crippen molar-refractivity contribution < 1.29 is 23.8 Å². The molecule has 0 fully saturated rings. The van der Waals surface area contributed by atoms with E-state index in [4.69, 9.17) is 14.2 Å². The summed E-state index contributed by atoms with van der Waals surface area (Å²) in [5.41, 5.74) is 0. The van der Waals surface area contributed by atoms with Gasteiger partial charge in [-0.05, 0) is 90.5 Å². The number of hydrogen-bond donors (Lipinski definition) is 0. The quantitative estimate of drug-likeness (QED) is 0.0452. The molecule has 0 radical (unpaired) electrons. The molecule has 0 heterocycles. The van der Waals surface area contributed by atoms with Gasteiger partial charge in [0, 0.05) is 32.0 Å². The normalized spacial score (nSPS) is 12.4. The first-order chi connectivity index (χ1) is 27.3. The molecular formula is C50H99NO5. The van der Waals surface area contributed by atoms with E-state index < -0.39 is 0 Å². The van der Waals surface area contributed by atoms with Crippen molar-refractivity contribution in [2.45, 2.75) is 266 Å². The summed E-state index contributed by atoms with van der Waals surface area (Å²) < 4.78 is 17.8. The third-order valence-electron chi connectivity index (χ3n) is 12.0. The second kappa shape index (κ2) is 42.0. The Morgan fingerprint density at radius 3 is 1.12 bits per heavy atom. The van der Waals surface area contributed by atoms with Crippen LogP contribution < -0.4 is 0 Å². The van der Waals surface area contributed by atoms with E-state index in [1.165, 1.54) is 161 Å². The van der Waals surface area contributed by atoms with Crippen molar-refractivity contribution in [3.05, 3.63) is 0 Å². The number of rotatable bonds is 44. The molecule has 0 rings (SSSR count). The first-order valence-corrected chi connectivity index (χ1v) is 24.9. The van der Waals surface area contributed by atoms with Crippen LogP contribution in [0.5, 0.6) is 0 Å². The van der Waals surface area contributed by atoms with Crippen molar-refractivity contribution in [1.82, 2.24) is 4.90 Å². The van der Waals surface area contributed by atoms with E-state index in [9.17, 15) is 9.59 Å². The molecular weight excluding hydrogens is 695 g/mol. The third kappa shape index (κ3) is 37.2. The Morgan fingerprint density at radius 2 is 0.768 bits per heavy atom. The van der Waals surface area contributed by atoms with Crippen LogP contribution in [-0.4, -0.2) is 62.4 Å². The largest absolute Gasteiger partial charge is 0.466 e. The van der Waals surface area contributed by atoms with Crippen LogP contribution in [0.1, 0.15) is 253 Å². The molecule has 0 spiro atoms. The number of hydrogen-bond acceptors (Lipinski definition) is 6. The lowest BCUT2D eigenvalue weighted by Crippen LogP contribution is -2.28. The Hall–Kier alpha value is -1.14. The van der Waals surface area contributed by atoms with Crippen molar-refractivity contribution >= 4 is 11.9 Å². The number of nitrogens with zero attached hydrogens (tertiary/aromatic N) is 1. The zero-order valence-electron chi connectivity index (χ0n) is 39.0. The molecule has 1 atom stereocenters. The molecule has 0 bridgehead atoms. The number of unbranched alkanes of at least 4 members (excludes halogenated alkanes) is 18. The molecule has 0 N–H and O–H groups in total. The minimum atomic E-state index is 0.0231. The molecule has 0 aliphatic carbocycles. The van der Waals surface area contributed by atoms with Gasteiger partial charge in [-0.25, -0.2) is 0 Å². The highest BCUT2D eigenvalue weighted by Gasteiger charge is 2.16. The van der Waals surface area contributed by atoms with Gasteiger partial charge in [-0.2, -0.15) is 0 Å². The Balaban J connectivity index is 4.28. The molecule has 0 amide bonds. The molecule has 6 nitrogen and oxygen atoms in total. The topological polar surface area (TPSA) is 65.1 Å². The highest BCUT2D eigenvalue weighted by Crippen LogP contribution is 2.23. The van der Waals surface area contributed by atoms with Gasteiger partial charge in [0.25, 0.3) is 0 Å². The average Bonchev–Trinajstić information content (AvgIpc) is 3.17. The van der Waals surface area contributed by atoms with E-state index in [0.717, 1.165) is 51.7 Å². The summed E-state index contributed by atoms with van der Waals surface area (Å²) in [5, 5.41) is 0. The molecule has 0 aromatic heterocycles. The molecule has 334 valence electrons. The van der Waals surface area contributed by atoms with Gasteiger partial charge in [0.05, 0.1) is 19.3 Å². The summed E-state index contributed by atoms with van der Waals surface area (Å²) in [6.07, 6.45) is 38.9. The second-order valence-electron chi connectivity index (χ2n) is 17.8. The molecule has 1 unspecified atom stereocenters. The summed E-state index contributed by atoms with van der Waals surface area (Å²) in [6, 6.07) is 0.574. The van der Waals surface area contributed by atoms with Crippen LogP contribution in [0.25, 0.3) is 0 Å². The van der Waals surface area contributed by atoms with Gasteiger partial charge in [-0.15, -0.1) is 0 Å². The highest BCUT2D eigenvalue weighted by atomic mass is 16.5. The first kappa shape index (κ1) is 54.9. The smallest absolute Gasteiger partial charge is 0.306 e. The molecule has 0 aromatic carbocycles. The van der Waals surface area contributed by atoms with Crippen molar-refractivity contribution in [2.24, 2.45) is 11.8 Å². The molecule has 0 saturated carbocycles. The first-order valence-electron chi connectivity index (χ1n) is 24.9. The molecule has 6 heteroatoms. The van der Waals surface area contributed by atoms with E-state index in [-0.39, 0.29) is 11.9 Å². The van der Waals surface area contributed by atoms with E-state index in [1.54, 1.807) is 0 Å². The van der Waals surface area contributed by atoms with Gasteiger partial charge in [0.1, 0.15) is 0 Å². The van der Waals surface area contributed by atoms with Crippen molar-refractivity contribution in [2.75, 3.05) is 33.4 Å². The zero-order chi connectivity index (χ0) is 41.3. The van der Waals surface area contributed by atoms with E-state index in [1.807, 2.05) is 0 Å². The lowest BCUT2D eigenvalue weighted by Gasteiger charge is -2.22. The summed E-state index contributed by atoms with van der Waals surface area (Å²) >= 11 is 0.